The van der Waals surface area contributed by atoms with Crippen molar-refractivity contribution in [2.24, 2.45) is 5.10 Å². The Balaban J connectivity index is 1.59. The molecule has 0 spiro atoms. The molecule has 1 aromatic heterocycles. The fraction of sp³-hybridized carbons (Fsp3) is 0.429. The number of amides is 1. The zero-order valence-electron chi connectivity index (χ0n) is 17.2. The van der Waals surface area contributed by atoms with Gasteiger partial charge < -0.3 is 19.6 Å². The maximum atomic E-state index is 12.3. The number of carbonyl (C=O) groups is 1. The third-order valence-electron chi connectivity index (χ3n) is 5.16. The predicted octanol–water partition coefficient (Wildman–Crippen LogP) is 1.29. The number of aromatic nitrogens is 2. The first-order chi connectivity index (χ1) is 14.5. The van der Waals surface area contributed by atoms with E-state index in [9.17, 15) is 9.90 Å². The molecule has 2 aliphatic rings. The quantitative estimate of drug-likeness (QED) is 0.566. The fourth-order valence-electron chi connectivity index (χ4n) is 3.66. The number of aliphatic hydroxyl groups excluding tert-OH is 1. The maximum Gasteiger partial charge on any atom is 0.251 e. The van der Waals surface area contributed by atoms with Crippen LogP contribution in [0.2, 0.25) is 0 Å². The van der Waals surface area contributed by atoms with Gasteiger partial charge in [0.2, 0.25) is 5.95 Å². The van der Waals surface area contributed by atoms with E-state index in [0.717, 1.165) is 41.3 Å². The summed E-state index contributed by atoms with van der Waals surface area (Å²) in [4.78, 5) is 25.3. The van der Waals surface area contributed by atoms with E-state index in [1.165, 1.54) is 6.92 Å². The lowest BCUT2D eigenvalue weighted by Crippen LogP contribution is -2.38. The Labute approximate surface area is 175 Å². The molecule has 2 aromatic rings. The second kappa shape index (κ2) is 8.76. The minimum atomic E-state index is -1.05. The Morgan fingerprint density at radius 3 is 2.83 bits per heavy atom. The average Bonchev–Trinajstić information content (AvgIpc) is 3.17. The highest BCUT2D eigenvalue weighted by atomic mass is 16.5. The van der Waals surface area contributed by atoms with Gasteiger partial charge in [0, 0.05) is 18.7 Å². The molecule has 1 atom stereocenters. The summed E-state index contributed by atoms with van der Waals surface area (Å²) in [5.74, 6) is 0.857. The summed E-state index contributed by atoms with van der Waals surface area (Å²) in [5, 5.41) is 14.0. The first-order valence-corrected chi connectivity index (χ1v) is 10.1. The number of hydrazone groups is 1. The number of rotatable bonds is 5. The number of ether oxygens (including phenoxy) is 1. The average molecular weight is 410 g/mol. The first kappa shape index (κ1) is 20.2. The van der Waals surface area contributed by atoms with Crippen LogP contribution in [0.15, 0.2) is 29.4 Å². The third kappa shape index (κ3) is 4.42. The number of fused-ring (bicyclic) bond motifs is 1. The van der Waals surface area contributed by atoms with E-state index in [1.54, 1.807) is 11.1 Å². The van der Waals surface area contributed by atoms with E-state index in [2.05, 4.69) is 25.4 Å². The van der Waals surface area contributed by atoms with Gasteiger partial charge in [-0.25, -0.2) is 10.4 Å². The van der Waals surface area contributed by atoms with Crippen molar-refractivity contribution >= 4 is 23.9 Å². The molecule has 1 amide bonds. The highest BCUT2D eigenvalue weighted by Crippen LogP contribution is 2.31. The van der Waals surface area contributed by atoms with Gasteiger partial charge in [0.25, 0.3) is 5.91 Å². The minimum Gasteiger partial charge on any atom is -0.384 e. The van der Waals surface area contributed by atoms with Crippen molar-refractivity contribution in [2.75, 3.05) is 36.6 Å². The van der Waals surface area contributed by atoms with Crippen molar-refractivity contribution in [3.63, 3.8) is 0 Å². The van der Waals surface area contributed by atoms with E-state index in [4.69, 9.17) is 4.74 Å². The number of anilines is 2. The number of benzene rings is 1. The second-order valence-corrected chi connectivity index (χ2v) is 7.55. The van der Waals surface area contributed by atoms with Gasteiger partial charge in [-0.05, 0) is 19.4 Å². The molecular weight excluding hydrogens is 384 g/mol. The first-order valence-electron chi connectivity index (χ1n) is 10.1. The lowest BCUT2D eigenvalue weighted by atomic mass is 10.2. The summed E-state index contributed by atoms with van der Waals surface area (Å²) in [7, 11) is 0. The van der Waals surface area contributed by atoms with Crippen LogP contribution < -0.4 is 10.3 Å². The van der Waals surface area contributed by atoms with E-state index in [0.29, 0.717) is 32.3 Å². The largest absolute Gasteiger partial charge is 0.384 e. The van der Waals surface area contributed by atoms with Crippen molar-refractivity contribution in [1.29, 1.82) is 0 Å². The zero-order chi connectivity index (χ0) is 21.1. The van der Waals surface area contributed by atoms with E-state index < -0.39 is 6.10 Å². The minimum absolute atomic E-state index is 0.312. The summed E-state index contributed by atoms with van der Waals surface area (Å²) in [5.41, 5.74) is 6.75. The molecule has 0 saturated carbocycles. The van der Waals surface area contributed by atoms with Crippen LogP contribution in [0.4, 0.5) is 11.8 Å². The number of carbonyl (C=O) groups excluding carboxylic acids is 1. The molecular formula is C21H26N6O3. The summed E-state index contributed by atoms with van der Waals surface area (Å²) < 4.78 is 5.46. The van der Waals surface area contributed by atoms with E-state index in [-0.39, 0.29) is 5.91 Å². The number of morpholine rings is 1. The molecule has 30 heavy (non-hydrogen) atoms. The Kier molecular flexibility index (Phi) is 5.91. The number of hydrogen-bond donors (Lipinski definition) is 2. The normalized spacial score (nSPS) is 17.3. The van der Waals surface area contributed by atoms with Gasteiger partial charge >= 0.3 is 0 Å². The van der Waals surface area contributed by atoms with Crippen LogP contribution in [-0.4, -0.2) is 64.5 Å². The third-order valence-corrected chi connectivity index (χ3v) is 5.16. The van der Waals surface area contributed by atoms with Gasteiger partial charge in [-0.15, -0.1) is 0 Å². The van der Waals surface area contributed by atoms with Gasteiger partial charge in [0.05, 0.1) is 38.2 Å². The Morgan fingerprint density at radius 2 is 2.10 bits per heavy atom. The van der Waals surface area contributed by atoms with Crippen molar-refractivity contribution < 1.29 is 14.6 Å². The lowest BCUT2D eigenvalue weighted by Gasteiger charge is -2.29. The molecule has 0 bridgehead atoms. The van der Waals surface area contributed by atoms with Crippen molar-refractivity contribution in [1.82, 2.24) is 14.9 Å². The Hall–Kier alpha value is -3.04. The monoisotopic (exact) mass is 410 g/mol. The molecule has 4 rings (SSSR count). The number of aliphatic hydroxyl groups is 1. The van der Waals surface area contributed by atoms with Crippen molar-refractivity contribution in [3.05, 3.63) is 46.6 Å². The summed E-state index contributed by atoms with van der Waals surface area (Å²) in [6, 6.07) is 8.02. The SMILES string of the molecule is Cc1cccc(/C=N/Nc2nc3c(c(N4CCOCC4)n2)CN(C(=O)[C@@H](C)O)C3)c1. The highest BCUT2D eigenvalue weighted by molar-refractivity contribution is 5.81. The van der Waals surface area contributed by atoms with Crippen LogP contribution in [0.1, 0.15) is 29.3 Å². The molecule has 0 radical (unpaired) electrons. The molecule has 9 nitrogen and oxygen atoms in total. The van der Waals surface area contributed by atoms with Crippen LogP contribution in [0.25, 0.3) is 0 Å². The van der Waals surface area contributed by atoms with Crippen molar-refractivity contribution in [3.8, 4) is 0 Å². The van der Waals surface area contributed by atoms with Gasteiger partial charge in [-0.2, -0.15) is 10.1 Å². The lowest BCUT2D eigenvalue weighted by molar-refractivity contribution is -0.139. The predicted molar refractivity (Wildman–Crippen MR) is 113 cm³/mol. The number of nitrogens with zero attached hydrogens (tertiary/aromatic N) is 5. The highest BCUT2D eigenvalue weighted by Gasteiger charge is 2.32. The number of nitrogens with one attached hydrogen (secondary N) is 1. The molecule has 0 unspecified atom stereocenters. The molecule has 2 aliphatic heterocycles. The van der Waals surface area contributed by atoms with Gasteiger partial charge in [0.15, 0.2) is 0 Å². The van der Waals surface area contributed by atoms with Gasteiger partial charge in [-0.3, -0.25) is 4.79 Å². The molecule has 1 saturated heterocycles. The second-order valence-electron chi connectivity index (χ2n) is 7.55. The Morgan fingerprint density at radius 1 is 1.30 bits per heavy atom. The van der Waals surface area contributed by atoms with Crippen LogP contribution in [-0.2, 0) is 22.6 Å². The van der Waals surface area contributed by atoms with Crippen molar-refractivity contribution in [2.45, 2.75) is 33.0 Å². The maximum absolute atomic E-state index is 12.3. The van der Waals surface area contributed by atoms with Crippen LogP contribution in [0, 0.1) is 6.92 Å². The summed E-state index contributed by atoms with van der Waals surface area (Å²) >= 11 is 0. The standard InChI is InChI=1S/C21H26N6O3/c1-14-4-3-5-16(10-14)11-22-25-21-23-18-13-27(20(29)15(2)28)12-17(18)19(24-21)26-6-8-30-9-7-26/h3-5,10-11,15,28H,6-9,12-13H2,1-2H3,(H,23,24,25)/b22-11+/t15-/m1/s1. The smallest absolute Gasteiger partial charge is 0.251 e. The van der Waals surface area contributed by atoms with Crippen LogP contribution >= 0.6 is 0 Å². The number of aryl methyl sites for hydroxylation is 1. The topological polar surface area (TPSA) is 103 Å². The van der Waals surface area contributed by atoms with Gasteiger partial charge in [-0.1, -0.05) is 29.8 Å². The summed E-state index contributed by atoms with van der Waals surface area (Å²) in [6.45, 7) is 6.94. The van der Waals surface area contributed by atoms with Crippen LogP contribution in [0.5, 0.6) is 0 Å². The molecule has 0 aliphatic carbocycles. The molecule has 3 heterocycles. The van der Waals surface area contributed by atoms with E-state index >= 15 is 0 Å². The van der Waals surface area contributed by atoms with Gasteiger partial charge in [0.1, 0.15) is 11.9 Å². The zero-order valence-corrected chi connectivity index (χ0v) is 17.2. The van der Waals surface area contributed by atoms with Crippen LogP contribution in [0.3, 0.4) is 0 Å². The fourth-order valence-corrected chi connectivity index (χ4v) is 3.66. The molecule has 1 aromatic carbocycles. The molecule has 158 valence electrons. The Bertz CT molecular complexity index is 956. The van der Waals surface area contributed by atoms with E-state index in [1.807, 2.05) is 31.2 Å². The molecule has 9 heteroatoms. The summed E-state index contributed by atoms with van der Waals surface area (Å²) in [6.07, 6.45) is 0.678. The molecule has 2 N–H and O–H groups in total. The number of hydrogen-bond acceptors (Lipinski definition) is 8. The molecule has 1 fully saturated rings.